The molecule has 1 aromatic rings. The number of aromatic nitrogens is 2. The molecule has 1 aromatic heterocycles. The number of carbonyl (C=O) groups is 1. The predicted octanol–water partition coefficient (Wildman–Crippen LogP) is 2.76. The van der Waals surface area contributed by atoms with E-state index < -0.39 is 0 Å². The third-order valence-electron chi connectivity index (χ3n) is 6.38. The van der Waals surface area contributed by atoms with Crippen molar-refractivity contribution in [3.63, 3.8) is 0 Å². The largest absolute Gasteiger partial charge is 0.367 e. The number of ether oxygens (including phenoxy) is 1. The number of piperazine rings is 1. The van der Waals surface area contributed by atoms with E-state index >= 15 is 0 Å². The highest BCUT2D eigenvalue weighted by Crippen LogP contribution is 2.35. The number of rotatable bonds is 6. The van der Waals surface area contributed by atoms with E-state index in [1.54, 1.807) is 12.4 Å². The van der Waals surface area contributed by atoms with E-state index in [9.17, 15) is 9.18 Å². The Balaban J connectivity index is 1.43. The van der Waals surface area contributed by atoms with Crippen molar-refractivity contribution in [2.45, 2.75) is 45.9 Å². The summed E-state index contributed by atoms with van der Waals surface area (Å²) in [7, 11) is 0. The lowest BCUT2D eigenvalue weighted by Gasteiger charge is -2.39. The SMILES string of the molecule is CC(C)NCC(C(=O)N1CCN(c2ncnc3c2[C@H](C)OC3)CC1)C1C=CC(F)=CC1. The first-order valence-electron chi connectivity index (χ1n) is 11.2. The van der Waals surface area contributed by atoms with Crippen LogP contribution in [-0.4, -0.2) is 59.5 Å². The Labute approximate surface area is 183 Å². The molecule has 1 fully saturated rings. The standard InChI is InChI=1S/C23H32FN5O2/c1-15(2)25-12-19(17-4-6-18(24)7-5-17)23(30)29-10-8-28(9-11-29)22-21-16(3)31-13-20(21)26-14-27-22/h4,6-7,14-17,19,25H,5,8-13H2,1-3H3/t16-,17?,19?/m0/s1. The lowest BCUT2D eigenvalue weighted by Crippen LogP contribution is -2.53. The van der Waals surface area contributed by atoms with Crippen LogP contribution in [0.1, 0.15) is 44.6 Å². The van der Waals surface area contributed by atoms with Crippen molar-refractivity contribution in [1.82, 2.24) is 20.2 Å². The molecule has 31 heavy (non-hydrogen) atoms. The topological polar surface area (TPSA) is 70.6 Å². The minimum absolute atomic E-state index is 0.0103. The number of fused-ring (bicyclic) bond motifs is 1. The van der Waals surface area contributed by atoms with Crippen molar-refractivity contribution < 1.29 is 13.9 Å². The van der Waals surface area contributed by atoms with Crippen LogP contribution in [-0.2, 0) is 16.1 Å². The smallest absolute Gasteiger partial charge is 0.227 e. The average molecular weight is 430 g/mol. The van der Waals surface area contributed by atoms with Crippen LogP contribution in [0.4, 0.5) is 10.2 Å². The van der Waals surface area contributed by atoms with Crippen molar-refractivity contribution in [3.8, 4) is 0 Å². The maximum atomic E-state index is 13.5. The van der Waals surface area contributed by atoms with Crippen LogP contribution in [0.3, 0.4) is 0 Å². The molecule has 7 nitrogen and oxygen atoms in total. The van der Waals surface area contributed by atoms with Crippen molar-refractivity contribution in [2.75, 3.05) is 37.6 Å². The molecule has 0 spiro atoms. The molecule has 8 heteroatoms. The molecule has 1 aliphatic carbocycles. The minimum atomic E-state index is -0.219. The van der Waals surface area contributed by atoms with Crippen LogP contribution in [0.2, 0.25) is 0 Å². The van der Waals surface area contributed by atoms with Crippen molar-refractivity contribution in [3.05, 3.63) is 41.6 Å². The van der Waals surface area contributed by atoms with Crippen LogP contribution in [0.5, 0.6) is 0 Å². The molecule has 1 amide bonds. The number of nitrogens with zero attached hydrogens (tertiary/aromatic N) is 4. The molecular weight excluding hydrogens is 397 g/mol. The zero-order valence-electron chi connectivity index (χ0n) is 18.6. The average Bonchev–Trinajstić information content (AvgIpc) is 3.16. The molecule has 0 aromatic carbocycles. The summed E-state index contributed by atoms with van der Waals surface area (Å²) in [5, 5.41) is 3.40. The van der Waals surface area contributed by atoms with E-state index in [-0.39, 0.29) is 35.7 Å². The molecule has 3 heterocycles. The van der Waals surface area contributed by atoms with Gasteiger partial charge in [-0.15, -0.1) is 0 Å². The monoisotopic (exact) mass is 429 g/mol. The maximum Gasteiger partial charge on any atom is 0.227 e. The van der Waals surface area contributed by atoms with E-state index in [1.807, 2.05) is 17.9 Å². The summed E-state index contributed by atoms with van der Waals surface area (Å²) in [6.07, 6.45) is 7.06. The number of halogens is 1. The van der Waals surface area contributed by atoms with Gasteiger partial charge in [-0.2, -0.15) is 0 Å². The molecular formula is C23H32FN5O2. The number of anilines is 1. The molecule has 1 N–H and O–H groups in total. The summed E-state index contributed by atoms with van der Waals surface area (Å²) in [5.74, 6) is 0.660. The van der Waals surface area contributed by atoms with E-state index in [0.29, 0.717) is 32.7 Å². The van der Waals surface area contributed by atoms with Crippen LogP contribution >= 0.6 is 0 Å². The molecule has 1 saturated heterocycles. The quantitative estimate of drug-likeness (QED) is 0.750. The van der Waals surface area contributed by atoms with Gasteiger partial charge in [-0.05, 0) is 31.4 Å². The molecule has 0 saturated carbocycles. The Morgan fingerprint density at radius 3 is 2.74 bits per heavy atom. The Bertz CT molecular complexity index is 864. The zero-order valence-corrected chi connectivity index (χ0v) is 18.6. The number of nitrogens with one attached hydrogen (secondary N) is 1. The summed E-state index contributed by atoms with van der Waals surface area (Å²) in [6.45, 7) is 10.0. The normalized spacial score (nSPS) is 24.4. The number of amides is 1. The second kappa shape index (κ2) is 9.44. The first-order chi connectivity index (χ1) is 14.9. The van der Waals surface area contributed by atoms with Gasteiger partial charge in [0.25, 0.3) is 0 Å². The highest BCUT2D eigenvalue weighted by Gasteiger charge is 2.34. The number of carbonyl (C=O) groups excluding carboxylic acids is 1. The zero-order chi connectivity index (χ0) is 22.0. The Morgan fingerprint density at radius 1 is 1.29 bits per heavy atom. The van der Waals surface area contributed by atoms with Gasteiger partial charge in [0.1, 0.15) is 18.0 Å². The van der Waals surface area contributed by atoms with E-state index in [2.05, 4.69) is 34.0 Å². The minimum Gasteiger partial charge on any atom is -0.367 e. The van der Waals surface area contributed by atoms with Gasteiger partial charge < -0.3 is 19.9 Å². The number of hydrogen-bond donors (Lipinski definition) is 1. The van der Waals surface area contributed by atoms with Crippen LogP contribution < -0.4 is 10.2 Å². The first-order valence-corrected chi connectivity index (χ1v) is 11.2. The Kier molecular flexibility index (Phi) is 6.67. The van der Waals surface area contributed by atoms with Crippen molar-refractivity contribution in [2.24, 2.45) is 11.8 Å². The summed E-state index contributed by atoms with van der Waals surface area (Å²) >= 11 is 0. The van der Waals surface area contributed by atoms with Gasteiger partial charge in [0.05, 0.1) is 24.3 Å². The molecule has 3 aliphatic rings. The maximum absolute atomic E-state index is 13.5. The second-order valence-electron chi connectivity index (χ2n) is 8.84. The number of hydrogen-bond acceptors (Lipinski definition) is 6. The van der Waals surface area contributed by atoms with Gasteiger partial charge in [0.2, 0.25) is 5.91 Å². The van der Waals surface area contributed by atoms with Crippen molar-refractivity contribution >= 4 is 11.7 Å². The summed E-state index contributed by atoms with van der Waals surface area (Å²) < 4.78 is 19.2. The van der Waals surface area contributed by atoms with E-state index in [0.717, 1.165) is 30.2 Å². The third kappa shape index (κ3) is 4.80. The van der Waals surface area contributed by atoms with Crippen LogP contribution in [0.15, 0.2) is 30.4 Å². The van der Waals surface area contributed by atoms with Gasteiger partial charge in [0.15, 0.2) is 0 Å². The van der Waals surface area contributed by atoms with Gasteiger partial charge in [-0.3, -0.25) is 4.79 Å². The highest BCUT2D eigenvalue weighted by atomic mass is 19.1. The molecule has 168 valence electrons. The van der Waals surface area contributed by atoms with Crippen LogP contribution in [0.25, 0.3) is 0 Å². The molecule has 0 bridgehead atoms. The molecule has 0 radical (unpaired) electrons. The Morgan fingerprint density at radius 2 is 2.06 bits per heavy atom. The van der Waals surface area contributed by atoms with Gasteiger partial charge in [-0.25, -0.2) is 14.4 Å². The Hall–Kier alpha value is -2.32. The lowest BCUT2D eigenvalue weighted by molar-refractivity contribution is -0.137. The van der Waals surface area contributed by atoms with Gasteiger partial charge >= 0.3 is 0 Å². The van der Waals surface area contributed by atoms with E-state index in [4.69, 9.17) is 4.74 Å². The van der Waals surface area contributed by atoms with Gasteiger partial charge in [0, 0.05) is 44.3 Å². The first kappa shape index (κ1) is 21.9. The van der Waals surface area contributed by atoms with Crippen molar-refractivity contribution in [1.29, 1.82) is 0 Å². The highest BCUT2D eigenvalue weighted by molar-refractivity contribution is 5.80. The summed E-state index contributed by atoms with van der Waals surface area (Å²) in [5.41, 5.74) is 2.03. The molecule has 4 rings (SSSR count). The van der Waals surface area contributed by atoms with E-state index in [1.165, 1.54) is 6.08 Å². The second-order valence-corrected chi connectivity index (χ2v) is 8.84. The predicted molar refractivity (Wildman–Crippen MR) is 117 cm³/mol. The molecule has 2 unspecified atom stereocenters. The van der Waals surface area contributed by atoms with Gasteiger partial charge in [-0.1, -0.05) is 19.9 Å². The lowest BCUT2D eigenvalue weighted by atomic mass is 9.85. The molecule has 2 aliphatic heterocycles. The van der Waals surface area contributed by atoms with Crippen LogP contribution in [0, 0.1) is 11.8 Å². The molecule has 3 atom stereocenters. The summed E-state index contributed by atoms with van der Waals surface area (Å²) in [6, 6.07) is 0.288. The summed E-state index contributed by atoms with van der Waals surface area (Å²) in [4.78, 5) is 26.5. The third-order valence-corrected chi connectivity index (χ3v) is 6.38. The fourth-order valence-electron chi connectivity index (χ4n) is 4.56. The number of allylic oxidation sites excluding steroid dienone is 4. The fourth-order valence-corrected chi connectivity index (χ4v) is 4.56. The fraction of sp³-hybridized carbons (Fsp3) is 0.609.